The Morgan fingerprint density at radius 3 is 2.50 bits per heavy atom. The summed E-state index contributed by atoms with van der Waals surface area (Å²) in [6.07, 6.45) is 0. The molecule has 0 aromatic heterocycles. The predicted molar refractivity (Wildman–Crippen MR) is 44.9 cm³/mol. The Bertz CT molecular complexity index is 303. The molecule has 0 heterocycles. The van der Waals surface area contributed by atoms with E-state index in [4.69, 9.17) is 10.8 Å². The molecule has 0 atom stereocenters. The summed E-state index contributed by atoms with van der Waals surface area (Å²) in [5.41, 5.74) is 4.72. The van der Waals surface area contributed by atoms with Crippen molar-refractivity contribution in [1.82, 2.24) is 0 Å². The zero-order valence-electron chi connectivity index (χ0n) is 6.52. The number of para-hydroxylation sites is 1. The third-order valence-corrected chi connectivity index (χ3v) is 1.26. The molecule has 0 unspecified atom stereocenters. The second kappa shape index (κ2) is 4.78. The maximum absolute atomic E-state index is 10.2. The fourth-order valence-corrected chi connectivity index (χ4v) is 0.700. The maximum atomic E-state index is 10.2. The van der Waals surface area contributed by atoms with Crippen molar-refractivity contribution in [3.8, 4) is 5.75 Å². The molecule has 12 heavy (non-hydrogen) atoms. The number of nitrogens with zero attached hydrogens (tertiary/aromatic N) is 1. The Balaban J connectivity index is 0.00000121. The molecule has 0 saturated carbocycles. The zero-order chi connectivity index (χ0) is 8.43. The standard InChI is InChI=1S/C6H6N2O3.K/c7-6-4(8(10)11)2-1-3-5(6)9;/h1-3,9H,7H2;. The van der Waals surface area contributed by atoms with E-state index in [0.717, 1.165) is 0 Å². The van der Waals surface area contributed by atoms with Crippen molar-refractivity contribution in [3.05, 3.63) is 28.3 Å². The van der Waals surface area contributed by atoms with E-state index in [1.807, 2.05) is 0 Å². The monoisotopic (exact) mass is 193 g/mol. The van der Waals surface area contributed by atoms with Crippen molar-refractivity contribution in [2.75, 3.05) is 5.73 Å². The minimum atomic E-state index is -0.644. The van der Waals surface area contributed by atoms with E-state index in [9.17, 15) is 10.1 Å². The van der Waals surface area contributed by atoms with Gasteiger partial charge in [-0.15, -0.1) is 0 Å². The van der Waals surface area contributed by atoms with Crippen LogP contribution in [0.2, 0.25) is 0 Å². The number of nitrogens with two attached hydrogens (primary N) is 1. The molecular formula is C6H6KN2O3. The fraction of sp³-hybridized carbons (Fsp3) is 0. The van der Waals surface area contributed by atoms with Crippen molar-refractivity contribution in [3.63, 3.8) is 0 Å². The Labute approximate surface area is 111 Å². The first-order valence-corrected chi connectivity index (χ1v) is 2.85. The summed E-state index contributed by atoms with van der Waals surface area (Å²) >= 11 is 0. The van der Waals surface area contributed by atoms with E-state index >= 15 is 0 Å². The van der Waals surface area contributed by atoms with Crippen molar-refractivity contribution in [2.24, 2.45) is 0 Å². The molecular weight excluding hydrogens is 187 g/mol. The molecule has 5 nitrogen and oxygen atoms in total. The van der Waals surface area contributed by atoms with Crippen molar-refractivity contribution >= 4 is 62.8 Å². The van der Waals surface area contributed by atoms with Crippen LogP contribution in [0, 0.1) is 10.1 Å². The summed E-state index contributed by atoms with van der Waals surface area (Å²) in [6.45, 7) is 0. The third-order valence-electron chi connectivity index (χ3n) is 1.26. The van der Waals surface area contributed by atoms with E-state index in [2.05, 4.69) is 0 Å². The molecule has 59 valence electrons. The van der Waals surface area contributed by atoms with Crippen LogP contribution in [-0.4, -0.2) is 61.4 Å². The van der Waals surface area contributed by atoms with Crippen LogP contribution in [0.4, 0.5) is 11.4 Å². The zero-order valence-corrected chi connectivity index (χ0v) is 9.64. The number of nitrogen functional groups attached to an aromatic ring is 1. The average Bonchev–Trinajstić information content (AvgIpc) is 1.94. The summed E-state index contributed by atoms with van der Waals surface area (Å²) in [5.74, 6) is -0.265. The van der Waals surface area contributed by atoms with Crippen LogP contribution in [0.1, 0.15) is 0 Å². The number of anilines is 1. The van der Waals surface area contributed by atoms with Crippen molar-refractivity contribution in [2.45, 2.75) is 0 Å². The van der Waals surface area contributed by atoms with E-state index in [1.54, 1.807) is 0 Å². The van der Waals surface area contributed by atoms with Gasteiger partial charge in [-0.2, -0.15) is 0 Å². The van der Waals surface area contributed by atoms with Crippen LogP contribution in [0.25, 0.3) is 0 Å². The molecule has 1 radical (unpaired) electrons. The number of rotatable bonds is 1. The average molecular weight is 193 g/mol. The number of nitro benzene ring substituents is 1. The van der Waals surface area contributed by atoms with E-state index in [0.29, 0.717) is 0 Å². The normalized spacial score (nSPS) is 8.67. The van der Waals surface area contributed by atoms with Gasteiger partial charge in [-0.3, -0.25) is 10.1 Å². The van der Waals surface area contributed by atoms with Crippen molar-refractivity contribution < 1.29 is 10.0 Å². The van der Waals surface area contributed by atoms with Gasteiger partial charge in [-0.1, -0.05) is 6.07 Å². The molecule has 0 aliphatic carbocycles. The van der Waals surface area contributed by atoms with Crippen molar-refractivity contribution in [1.29, 1.82) is 0 Å². The molecule has 0 spiro atoms. The Morgan fingerprint density at radius 1 is 1.50 bits per heavy atom. The summed E-state index contributed by atoms with van der Waals surface area (Å²) in [7, 11) is 0. The third kappa shape index (κ3) is 2.42. The quantitative estimate of drug-likeness (QED) is 0.223. The molecule has 0 amide bonds. The fourth-order valence-electron chi connectivity index (χ4n) is 0.700. The van der Waals surface area contributed by atoms with Gasteiger partial charge in [0.05, 0.1) is 4.92 Å². The van der Waals surface area contributed by atoms with Gasteiger partial charge in [-0.25, -0.2) is 0 Å². The first-order chi connectivity index (χ1) is 5.13. The smallest absolute Gasteiger partial charge is 0.295 e. The van der Waals surface area contributed by atoms with Gasteiger partial charge in [-0.05, 0) is 6.07 Å². The first-order valence-electron chi connectivity index (χ1n) is 2.85. The number of hydrogen-bond acceptors (Lipinski definition) is 4. The second-order valence-electron chi connectivity index (χ2n) is 1.97. The Kier molecular flexibility index (Phi) is 4.72. The van der Waals surface area contributed by atoms with Gasteiger partial charge in [0.15, 0.2) is 5.69 Å². The largest absolute Gasteiger partial charge is 0.506 e. The molecule has 0 fully saturated rings. The number of nitro groups is 1. The van der Waals surface area contributed by atoms with Crippen LogP contribution in [0.5, 0.6) is 5.75 Å². The van der Waals surface area contributed by atoms with Gasteiger partial charge >= 0.3 is 0 Å². The molecule has 0 saturated heterocycles. The van der Waals surface area contributed by atoms with Gasteiger partial charge in [0.2, 0.25) is 0 Å². The van der Waals surface area contributed by atoms with Gasteiger partial charge in [0.25, 0.3) is 5.69 Å². The molecule has 3 N–H and O–H groups in total. The molecule has 1 rings (SSSR count). The summed E-state index contributed by atoms with van der Waals surface area (Å²) < 4.78 is 0. The van der Waals surface area contributed by atoms with Gasteiger partial charge in [0.1, 0.15) is 5.75 Å². The molecule has 0 bridgehead atoms. The topological polar surface area (TPSA) is 89.4 Å². The summed E-state index contributed by atoms with van der Waals surface area (Å²) in [5, 5.41) is 19.1. The first kappa shape index (κ1) is 11.9. The van der Waals surface area contributed by atoms with Crippen LogP contribution < -0.4 is 5.73 Å². The van der Waals surface area contributed by atoms with Crippen LogP contribution in [-0.2, 0) is 0 Å². The summed E-state index contributed by atoms with van der Waals surface area (Å²) in [6, 6.07) is 3.89. The van der Waals surface area contributed by atoms with Gasteiger partial charge in [0, 0.05) is 57.5 Å². The Hall–Kier alpha value is -0.144. The molecule has 1 aromatic rings. The van der Waals surface area contributed by atoms with E-state index in [1.165, 1.54) is 18.2 Å². The number of hydrogen-bond donors (Lipinski definition) is 2. The SMILES string of the molecule is Nc1c(O)cccc1[N+](=O)[O-].[K]. The van der Waals surface area contributed by atoms with Gasteiger partial charge < -0.3 is 10.8 Å². The minimum Gasteiger partial charge on any atom is -0.506 e. The maximum Gasteiger partial charge on any atom is 0.295 e. The number of phenols is 1. The summed E-state index contributed by atoms with van der Waals surface area (Å²) in [4.78, 5) is 9.54. The molecule has 6 heteroatoms. The van der Waals surface area contributed by atoms with E-state index < -0.39 is 4.92 Å². The van der Waals surface area contributed by atoms with Crippen LogP contribution in [0.15, 0.2) is 18.2 Å². The second-order valence-corrected chi connectivity index (χ2v) is 1.97. The van der Waals surface area contributed by atoms with E-state index in [-0.39, 0.29) is 68.5 Å². The number of aromatic hydroxyl groups is 1. The molecule has 0 aliphatic rings. The molecule has 1 aromatic carbocycles. The number of benzene rings is 1. The predicted octanol–water partition coefficient (Wildman–Crippen LogP) is 0.502. The molecule has 0 aliphatic heterocycles. The van der Waals surface area contributed by atoms with Crippen LogP contribution >= 0.6 is 0 Å². The number of phenolic OH excluding ortho intramolecular Hbond substituents is 1. The Morgan fingerprint density at radius 2 is 2.08 bits per heavy atom. The minimum absolute atomic E-state index is 0. The van der Waals surface area contributed by atoms with Crippen LogP contribution in [0.3, 0.4) is 0 Å².